The number of aromatic nitrogens is 1. The largest absolute Gasteiger partial charge is 0.496 e. The molecular formula is C24H20FN3O. The molecule has 0 spiro atoms. The van der Waals surface area contributed by atoms with E-state index in [4.69, 9.17) is 9.72 Å². The van der Waals surface area contributed by atoms with E-state index in [0.29, 0.717) is 12.2 Å². The Kier molecular flexibility index (Phi) is 5.47. The zero-order valence-electron chi connectivity index (χ0n) is 16.0. The summed E-state index contributed by atoms with van der Waals surface area (Å²) in [7, 11) is 1.67. The molecule has 3 aromatic carbocycles. The standard InChI is InChI=1S/C24H20FN3O/c1-29-23-8-3-2-5-18(23)16-27-24-14-13-21-17(6-4-7-22(21)28-24)15-26-20-11-9-19(25)10-12-20/h2-15H,16H2,1H3,(H,27,28). The van der Waals surface area contributed by atoms with Crippen LogP contribution < -0.4 is 10.1 Å². The Morgan fingerprint density at radius 3 is 2.62 bits per heavy atom. The molecule has 0 amide bonds. The molecule has 29 heavy (non-hydrogen) atoms. The quantitative estimate of drug-likeness (QED) is 0.430. The Morgan fingerprint density at radius 2 is 1.79 bits per heavy atom. The molecule has 0 fully saturated rings. The van der Waals surface area contributed by atoms with Crippen molar-refractivity contribution in [3.05, 3.63) is 95.8 Å². The maximum Gasteiger partial charge on any atom is 0.126 e. The van der Waals surface area contributed by atoms with Crippen molar-refractivity contribution < 1.29 is 9.13 Å². The van der Waals surface area contributed by atoms with Crippen LogP contribution in [0.3, 0.4) is 0 Å². The minimum absolute atomic E-state index is 0.272. The number of aliphatic imine (C=N–C) groups is 1. The van der Waals surface area contributed by atoms with Gasteiger partial charge in [-0.15, -0.1) is 0 Å². The lowest BCUT2D eigenvalue weighted by Crippen LogP contribution is -2.03. The summed E-state index contributed by atoms with van der Waals surface area (Å²) in [6.07, 6.45) is 1.78. The second-order valence-electron chi connectivity index (χ2n) is 6.51. The fourth-order valence-corrected chi connectivity index (χ4v) is 3.10. The van der Waals surface area contributed by atoms with Crippen LogP contribution >= 0.6 is 0 Å². The van der Waals surface area contributed by atoms with Gasteiger partial charge in [-0.3, -0.25) is 4.99 Å². The van der Waals surface area contributed by atoms with Gasteiger partial charge in [0.2, 0.25) is 0 Å². The maximum absolute atomic E-state index is 13.0. The van der Waals surface area contributed by atoms with Gasteiger partial charge in [0, 0.05) is 29.3 Å². The van der Waals surface area contributed by atoms with Crippen molar-refractivity contribution in [1.82, 2.24) is 4.98 Å². The Hall–Kier alpha value is -3.73. The summed E-state index contributed by atoms with van der Waals surface area (Å²) in [6, 6.07) is 23.9. The molecule has 0 radical (unpaired) electrons. The van der Waals surface area contributed by atoms with Crippen LogP contribution in [0.4, 0.5) is 15.9 Å². The molecule has 1 heterocycles. The first-order valence-electron chi connectivity index (χ1n) is 9.28. The number of nitrogens with zero attached hydrogens (tertiary/aromatic N) is 2. The summed E-state index contributed by atoms with van der Waals surface area (Å²) in [5, 5.41) is 4.35. The van der Waals surface area contributed by atoms with Gasteiger partial charge in [0.05, 0.1) is 18.3 Å². The van der Waals surface area contributed by atoms with Crippen molar-refractivity contribution in [2.45, 2.75) is 6.54 Å². The number of fused-ring (bicyclic) bond motifs is 1. The molecule has 0 bridgehead atoms. The lowest BCUT2D eigenvalue weighted by Gasteiger charge is -2.11. The molecular weight excluding hydrogens is 365 g/mol. The molecule has 0 atom stereocenters. The first kappa shape index (κ1) is 18.6. The number of para-hydroxylation sites is 1. The predicted octanol–water partition coefficient (Wildman–Crippen LogP) is 5.75. The molecule has 0 saturated heterocycles. The molecule has 4 nitrogen and oxygen atoms in total. The van der Waals surface area contributed by atoms with Gasteiger partial charge >= 0.3 is 0 Å². The molecule has 1 aromatic heterocycles. The minimum atomic E-state index is -0.272. The van der Waals surface area contributed by atoms with Gasteiger partial charge in [-0.25, -0.2) is 9.37 Å². The molecule has 0 aliphatic heterocycles. The van der Waals surface area contributed by atoms with E-state index in [9.17, 15) is 4.39 Å². The number of pyridine rings is 1. The Morgan fingerprint density at radius 1 is 0.966 bits per heavy atom. The zero-order valence-corrected chi connectivity index (χ0v) is 16.0. The number of methoxy groups -OCH3 is 1. The minimum Gasteiger partial charge on any atom is -0.496 e. The molecule has 4 rings (SSSR count). The molecule has 0 aliphatic rings. The van der Waals surface area contributed by atoms with E-state index in [0.717, 1.165) is 33.6 Å². The van der Waals surface area contributed by atoms with Gasteiger partial charge in [0.1, 0.15) is 17.4 Å². The van der Waals surface area contributed by atoms with Crippen molar-refractivity contribution in [3.63, 3.8) is 0 Å². The normalized spacial score (nSPS) is 11.1. The third-order valence-electron chi connectivity index (χ3n) is 4.60. The summed E-state index contributed by atoms with van der Waals surface area (Å²) >= 11 is 0. The van der Waals surface area contributed by atoms with Crippen molar-refractivity contribution in [2.24, 2.45) is 4.99 Å². The van der Waals surface area contributed by atoms with Gasteiger partial charge in [0.25, 0.3) is 0 Å². The average molecular weight is 385 g/mol. The maximum atomic E-state index is 13.0. The van der Waals surface area contributed by atoms with Crippen LogP contribution in [0.15, 0.2) is 83.9 Å². The zero-order chi connectivity index (χ0) is 20.1. The lowest BCUT2D eigenvalue weighted by molar-refractivity contribution is 0.410. The Bertz CT molecular complexity index is 1160. The van der Waals surface area contributed by atoms with Crippen molar-refractivity contribution in [2.75, 3.05) is 12.4 Å². The van der Waals surface area contributed by atoms with Crippen molar-refractivity contribution in [1.29, 1.82) is 0 Å². The van der Waals surface area contributed by atoms with E-state index in [1.165, 1.54) is 12.1 Å². The number of anilines is 1. The number of nitrogens with one attached hydrogen (secondary N) is 1. The number of benzene rings is 3. The highest BCUT2D eigenvalue weighted by Gasteiger charge is 2.05. The van der Waals surface area contributed by atoms with Crippen LogP contribution in [0.25, 0.3) is 10.9 Å². The highest BCUT2D eigenvalue weighted by atomic mass is 19.1. The third-order valence-corrected chi connectivity index (χ3v) is 4.60. The van der Waals surface area contributed by atoms with Gasteiger partial charge in [-0.05, 0) is 48.5 Å². The molecule has 0 unspecified atom stereocenters. The predicted molar refractivity (Wildman–Crippen MR) is 116 cm³/mol. The molecule has 0 aliphatic carbocycles. The summed E-state index contributed by atoms with van der Waals surface area (Å²) in [6.45, 7) is 0.619. The van der Waals surface area contributed by atoms with Crippen molar-refractivity contribution in [3.8, 4) is 5.75 Å². The van der Waals surface area contributed by atoms with E-state index >= 15 is 0 Å². The summed E-state index contributed by atoms with van der Waals surface area (Å²) in [5.41, 5.74) is 3.59. The fraction of sp³-hybridized carbons (Fsp3) is 0.0833. The number of halogens is 1. The second kappa shape index (κ2) is 8.52. The van der Waals surface area contributed by atoms with E-state index in [1.54, 1.807) is 25.5 Å². The number of hydrogen-bond acceptors (Lipinski definition) is 4. The molecule has 5 heteroatoms. The van der Waals surface area contributed by atoms with Crippen LogP contribution in [-0.2, 0) is 6.54 Å². The second-order valence-corrected chi connectivity index (χ2v) is 6.51. The van der Waals surface area contributed by atoms with Gasteiger partial charge in [0.15, 0.2) is 0 Å². The first-order valence-corrected chi connectivity index (χ1v) is 9.28. The smallest absolute Gasteiger partial charge is 0.126 e. The van der Waals surface area contributed by atoms with Gasteiger partial charge in [-0.1, -0.05) is 30.3 Å². The van der Waals surface area contributed by atoms with E-state index in [-0.39, 0.29) is 5.82 Å². The fourth-order valence-electron chi connectivity index (χ4n) is 3.10. The summed E-state index contributed by atoms with van der Waals surface area (Å²) < 4.78 is 18.4. The average Bonchev–Trinajstić information content (AvgIpc) is 2.77. The van der Waals surface area contributed by atoms with Crippen molar-refractivity contribution >= 4 is 28.6 Å². The number of hydrogen-bond donors (Lipinski definition) is 1. The summed E-state index contributed by atoms with van der Waals surface area (Å²) in [5.74, 6) is 1.36. The SMILES string of the molecule is COc1ccccc1CNc1ccc2c(C=Nc3ccc(F)cc3)cccc2n1. The van der Waals surface area contributed by atoms with Gasteiger partial charge in [-0.2, -0.15) is 0 Å². The van der Waals surface area contributed by atoms with Crippen LogP contribution in [0, 0.1) is 5.82 Å². The molecule has 4 aromatic rings. The van der Waals surface area contributed by atoms with Crippen LogP contribution in [0.5, 0.6) is 5.75 Å². The highest BCUT2D eigenvalue weighted by Crippen LogP contribution is 2.22. The highest BCUT2D eigenvalue weighted by molar-refractivity contribution is 5.99. The Balaban J connectivity index is 1.55. The molecule has 1 N–H and O–H groups in total. The van der Waals surface area contributed by atoms with E-state index in [2.05, 4.69) is 10.3 Å². The van der Waals surface area contributed by atoms with Gasteiger partial charge < -0.3 is 10.1 Å². The topological polar surface area (TPSA) is 46.5 Å². The van der Waals surface area contributed by atoms with E-state index < -0.39 is 0 Å². The van der Waals surface area contributed by atoms with Crippen LogP contribution in [0.2, 0.25) is 0 Å². The third kappa shape index (κ3) is 4.41. The first-order chi connectivity index (χ1) is 14.2. The molecule has 144 valence electrons. The molecule has 0 saturated carbocycles. The monoisotopic (exact) mass is 385 g/mol. The lowest BCUT2D eigenvalue weighted by atomic mass is 10.1. The number of ether oxygens (including phenoxy) is 1. The van der Waals surface area contributed by atoms with E-state index in [1.807, 2.05) is 54.6 Å². The van der Waals surface area contributed by atoms with Crippen LogP contribution in [0.1, 0.15) is 11.1 Å². The number of rotatable bonds is 6. The Labute approximate surface area is 168 Å². The van der Waals surface area contributed by atoms with Crippen LogP contribution in [-0.4, -0.2) is 18.3 Å². The summed E-state index contributed by atoms with van der Waals surface area (Å²) in [4.78, 5) is 9.15.